The summed E-state index contributed by atoms with van der Waals surface area (Å²) in [7, 11) is -1.66. The van der Waals surface area contributed by atoms with Crippen molar-refractivity contribution in [3.8, 4) is 0 Å². The first kappa shape index (κ1) is 18.5. The summed E-state index contributed by atoms with van der Waals surface area (Å²) in [5.74, 6) is -0.366. The lowest BCUT2D eigenvalue weighted by Gasteiger charge is -2.13. The van der Waals surface area contributed by atoms with Gasteiger partial charge in [0, 0.05) is 18.7 Å². The lowest BCUT2D eigenvalue weighted by atomic mass is 9.92. The number of amides is 1. The molecule has 130 valence electrons. The largest absolute Gasteiger partial charge is 0.319 e. The molecule has 0 spiro atoms. The summed E-state index contributed by atoms with van der Waals surface area (Å²) in [6.45, 7) is 6.04. The van der Waals surface area contributed by atoms with Crippen molar-refractivity contribution in [1.82, 2.24) is 9.78 Å². The maximum Gasteiger partial charge on any atom is 0.273 e. The zero-order valence-corrected chi connectivity index (χ0v) is 15.8. The quantitative estimate of drug-likeness (QED) is 0.901. The second-order valence-electron chi connectivity index (χ2n) is 6.66. The highest BCUT2D eigenvalue weighted by molar-refractivity contribution is 7.90. The van der Waals surface area contributed by atoms with Gasteiger partial charge in [0.25, 0.3) is 5.91 Å². The minimum Gasteiger partial charge on any atom is -0.319 e. The second-order valence-corrected chi connectivity index (χ2v) is 9.08. The number of aromatic nitrogens is 2. The van der Waals surface area contributed by atoms with Crippen molar-refractivity contribution in [2.45, 2.75) is 31.1 Å². The topological polar surface area (TPSA) is 81.1 Å². The van der Waals surface area contributed by atoms with E-state index in [1.54, 1.807) is 13.1 Å². The molecule has 24 heavy (non-hydrogen) atoms. The summed E-state index contributed by atoms with van der Waals surface area (Å²) in [6.07, 6.45) is 1.10. The molecule has 1 aromatic heterocycles. The van der Waals surface area contributed by atoms with Gasteiger partial charge in [-0.2, -0.15) is 5.10 Å². The SMILES string of the molecule is Cn1nc(C(C)(C)C)cc1C(=O)Nc1ccc(S(C)(=O)=O)cc1Cl. The molecule has 0 fully saturated rings. The first-order chi connectivity index (χ1) is 10.9. The van der Waals surface area contributed by atoms with E-state index < -0.39 is 9.84 Å². The van der Waals surface area contributed by atoms with Crippen LogP contribution in [0.15, 0.2) is 29.2 Å². The van der Waals surface area contributed by atoms with E-state index in [2.05, 4.69) is 10.4 Å². The van der Waals surface area contributed by atoms with Crippen molar-refractivity contribution in [3.63, 3.8) is 0 Å². The molecule has 0 saturated heterocycles. The van der Waals surface area contributed by atoms with Crippen molar-refractivity contribution in [2.75, 3.05) is 11.6 Å². The summed E-state index contributed by atoms with van der Waals surface area (Å²) >= 11 is 6.08. The number of sulfone groups is 1. The molecule has 6 nitrogen and oxygen atoms in total. The van der Waals surface area contributed by atoms with E-state index >= 15 is 0 Å². The fraction of sp³-hybridized carbons (Fsp3) is 0.375. The van der Waals surface area contributed by atoms with Crippen molar-refractivity contribution in [2.24, 2.45) is 7.05 Å². The smallest absolute Gasteiger partial charge is 0.273 e. The van der Waals surface area contributed by atoms with Gasteiger partial charge in [0.05, 0.1) is 21.3 Å². The van der Waals surface area contributed by atoms with Crippen LogP contribution in [-0.4, -0.2) is 30.4 Å². The Morgan fingerprint density at radius 1 is 1.25 bits per heavy atom. The molecule has 2 rings (SSSR count). The molecule has 1 aromatic carbocycles. The van der Waals surface area contributed by atoms with Crippen LogP contribution in [0.3, 0.4) is 0 Å². The first-order valence-corrected chi connectivity index (χ1v) is 9.52. The number of anilines is 1. The van der Waals surface area contributed by atoms with Crippen LogP contribution in [0.25, 0.3) is 0 Å². The second kappa shape index (κ2) is 6.22. The monoisotopic (exact) mass is 369 g/mol. The van der Waals surface area contributed by atoms with Gasteiger partial charge in [-0.3, -0.25) is 9.48 Å². The van der Waals surface area contributed by atoms with Gasteiger partial charge in [-0.15, -0.1) is 0 Å². The van der Waals surface area contributed by atoms with Crippen LogP contribution in [0.4, 0.5) is 5.69 Å². The molecule has 8 heteroatoms. The summed E-state index contributed by atoms with van der Waals surface area (Å²) in [5, 5.41) is 7.20. The van der Waals surface area contributed by atoms with Crippen LogP contribution < -0.4 is 5.32 Å². The van der Waals surface area contributed by atoms with Crippen LogP contribution in [0.2, 0.25) is 5.02 Å². The van der Waals surface area contributed by atoms with Crippen molar-refractivity contribution in [3.05, 3.63) is 40.7 Å². The van der Waals surface area contributed by atoms with Crippen molar-refractivity contribution < 1.29 is 13.2 Å². The van der Waals surface area contributed by atoms with Crippen molar-refractivity contribution in [1.29, 1.82) is 0 Å². The van der Waals surface area contributed by atoms with Crippen molar-refractivity contribution >= 4 is 33.0 Å². The lowest BCUT2D eigenvalue weighted by Crippen LogP contribution is -2.16. The number of carbonyl (C=O) groups excluding carboxylic acids is 1. The summed E-state index contributed by atoms with van der Waals surface area (Å²) in [5.41, 5.74) is 1.36. The van der Waals surface area contributed by atoms with E-state index in [1.165, 1.54) is 22.9 Å². The molecule has 0 bridgehead atoms. The molecule has 1 heterocycles. The molecule has 1 N–H and O–H groups in total. The van der Waals surface area contributed by atoms with Gasteiger partial charge in [-0.25, -0.2) is 8.42 Å². The number of halogens is 1. The molecular weight excluding hydrogens is 350 g/mol. The number of aryl methyl sites for hydroxylation is 1. The van der Waals surface area contributed by atoms with Crippen LogP contribution >= 0.6 is 11.6 Å². The normalized spacial score (nSPS) is 12.2. The number of rotatable bonds is 3. The molecule has 0 radical (unpaired) electrons. The van der Waals surface area contributed by atoms with Crippen LogP contribution in [0.5, 0.6) is 0 Å². The van der Waals surface area contributed by atoms with Gasteiger partial charge >= 0.3 is 0 Å². The van der Waals surface area contributed by atoms with E-state index in [9.17, 15) is 13.2 Å². The molecule has 0 saturated carbocycles. The third-order valence-corrected chi connectivity index (χ3v) is 4.92. The third-order valence-electron chi connectivity index (χ3n) is 3.50. The summed E-state index contributed by atoms with van der Waals surface area (Å²) in [6, 6.07) is 5.92. The van der Waals surface area contributed by atoms with E-state index in [0.717, 1.165) is 11.9 Å². The van der Waals surface area contributed by atoms with Gasteiger partial charge in [0.1, 0.15) is 5.69 Å². The summed E-state index contributed by atoms with van der Waals surface area (Å²) < 4.78 is 24.6. The molecule has 2 aromatic rings. The van der Waals surface area contributed by atoms with Crippen LogP contribution in [0.1, 0.15) is 37.0 Å². The van der Waals surface area contributed by atoms with Gasteiger partial charge in [-0.1, -0.05) is 32.4 Å². The number of hydrogen-bond donors (Lipinski definition) is 1. The molecular formula is C16H20ClN3O3S. The standard InChI is InChI=1S/C16H20ClN3O3S/c1-16(2,3)14-9-13(20(4)19-14)15(21)18-12-7-6-10(8-11(12)17)24(5,22)23/h6-9H,1-5H3,(H,18,21). The Labute approximate surface area is 146 Å². The van der Waals surface area contributed by atoms with Gasteiger partial charge in [-0.05, 0) is 24.3 Å². The number of carbonyl (C=O) groups is 1. The fourth-order valence-corrected chi connectivity index (χ4v) is 3.00. The van der Waals surface area contributed by atoms with Gasteiger partial charge in [0.15, 0.2) is 9.84 Å². The zero-order valence-electron chi connectivity index (χ0n) is 14.2. The van der Waals surface area contributed by atoms with E-state index in [0.29, 0.717) is 11.4 Å². The molecule has 0 aliphatic heterocycles. The molecule has 0 aliphatic rings. The zero-order chi connectivity index (χ0) is 18.3. The first-order valence-electron chi connectivity index (χ1n) is 7.25. The van der Waals surface area contributed by atoms with E-state index in [-0.39, 0.29) is 21.2 Å². The molecule has 0 aliphatic carbocycles. The van der Waals surface area contributed by atoms with E-state index in [1.807, 2.05) is 20.8 Å². The fourth-order valence-electron chi connectivity index (χ4n) is 2.06. The molecule has 0 atom stereocenters. The molecule has 0 unspecified atom stereocenters. The van der Waals surface area contributed by atoms with Gasteiger partial charge in [0.2, 0.25) is 0 Å². The Balaban J connectivity index is 2.29. The highest BCUT2D eigenvalue weighted by atomic mass is 35.5. The lowest BCUT2D eigenvalue weighted by molar-refractivity contribution is 0.101. The minimum atomic E-state index is -3.35. The third kappa shape index (κ3) is 3.96. The maximum atomic E-state index is 12.5. The predicted molar refractivity (Wildman–Crippen MR) is 94.4 cm³/mol. The van der Waals surface area contributed by atoms with Crippen LogP contribution in [0, 0.1) is 0 Å². The number of nitrogens with zero attached hydrogens (tertiary/aromatic N) is 2. The number of benzene rings is 1. The summed E-state index contributed by atoms with van der Waals surface area (Å²) in [4.78, 5) is 12.6. The number of hydrogen-bond acceptors (Lipinski definition) is 4. The Kier molecular flexibility index (Phi) is 4.79. The molecule has 1 amide bonds. The average Bonchev–Trinajstić information content (AvgIpc) is 2.82. The Bertz CT molecular complexity index is 896. The van der Waals surface area contributed by atoms with Crippen LogP contribution in [-0.2, 0) is 22.3 Å². The average molecular weight is 370 g/mol. The predicted octanol–water partition coefficient (Wildman–Crippen LogP) is 3.03. The number of nitrogens with one attached hydrogen (secondary N) is 1. The maximum absolute atomic E-state index is 12.5. The highest BCUT2D eigenvalue weighted by Gasteiger charge is 2.22. The van der Waals surface area contributed by atoms with Gasteiger partial charge < -0.3 is 5.32 Å². The Hall–Kier alpha value is -1.86. The Morgan fingerprint density at radius 3 is 2.33 bits per heavy atom. The minimum absolute atomic E-state index is 0.0982. The van der Waals surface area contributed by atoms with E-state index in [4.69, 9.17) is 11.6 Å². The Morgan fingerprint density at radius 2 is 1.88 bits per heavy atom. The highest BCUT2D eigenvalue weighted by Crippen LogP contribution is 2.26.